The van der Waals surface area contributed by atoms with E-state index in [4.69, 9.17) is 0 Å². The van der Waals surface area contributed by atoms with E-state index >= 15 is 0 Å². The maximum absolute atomic E-state index is 11.8. The van der Waals surface area contributed by atoms with Crippen molar-refractivity contribution in [2.75, 3.05) is 6.67 Å². The van der Waals surface area contributed by atoms with Gasteiger partial charge in [0, 0.05) is 6.42 Å². The van der Waals surface area contributed by atoms with Crippen LogP contribution in [0.5, 0.6) is 0 Å². The van der Waals surface area contributed by atoms with Crippen LogP contribution >= 0.6 is 11.6 Å². The van der Waals surface area contributed by atoms with Crippen molar-refractivity contribution in [2.45, 2.75) is 12.6 Å². The number of alkyl halides is 4. The standard InChI is InChI=1S/C5H4ClF5/c6-4(8)3(1-2-7)5(9,10)11/h1-2H2/b4-3+. The summed E-state index contributed by atoms with van der Waals surface area (Å²) in [6, 6.07) is 0. The SMILES string of the molecule is FCC/C(=C(\F)Cl)C(F)(F)F. The second kappa shape index (κ2) is 3.90. The van der Waals surface area contributed by atoms with Crippen LogP contribution in [0.3, 0.4) is 0 Å². The third-order valence-electron chi connectivity index (χ3n) is 0.915. The van der Waals surface area contributed by atoms with Crippen molar-refractivity contribution in [3.63, 3.8) is 0 Å². The van der Waals surface area contributed by atoms with Crippen LogP contribution in [-0.4, -0.2) is 12.9 Å². The van der Waals surface area contributed by atoms with E-state index in [-0.39, 0.29) is 0 Å². The Labute approximate surface area is 64.6 Å². The summed E-state index contributed by atoms with van der Waals surface area (Å²) >= 11 is 4.43. The van der Waals surface area contributed by atoms with Gasteiger partial charge in [0.2, 0.25) is 0 Å². The van der Waals surface area contributed by atoms with Gasteiger partial charge in [-0.3, -0.25) is 4.39 Å². The molecule has 0 N–H and O–H groups in total. The van der Waals surface area contributed by atoms with Gasteiger partial charge in [0.15, 0.2) is 5.29 Å². The highest BCUT2D eigenvalue weighted by Gasteiger charge is 2.36. The molecule has 0 bridgehead atoms. The molecule has 66 valence electrons. The van der Waals surface area contributed by atoms with Gasteiger partial charge in [-0.05, 0) is 0 Å². The number of allylic oxidation sites excluding steroid dienone is 1. The molecular formula is C5H4ClF5. The predicted octanol–water partition coefficient (Wildman–Crippen LogP) is 3.33. The summed E-state index contributed by atoms with van der Waals surface area (Å²) in [6.07, 6.45) is -5.92. The first kappa shape index (κ1) is 10.7. The van der Waals surface area contributed by atoms with Gasteiger partial charge in [-0.15, -0.1) is 0 Å². The Bertz CT molecular complexity index is 155. The average molecular weight is 195 g/mol. The summed E-state index contributed by atoms with van der Waals surface area (Å²) in [5.41, 5.74) is -1.65. The minimum absolute atomic E-state index is 1.04. The first-order valence-electron chi connectivity index (χ1n) is 2.57. The molecule has 0 unspecified atom stereocenters. The van der Waals surface area contributed by atoms with Crippen molar-refractivity contribution in [3.8, 4) is 0 Å². The molecule has 0 saturated carbocycles. The van der Waals surface area contributed by atoms with Gasteiger partial charge in [-0.1, -0.05) is 11.6 Å². The predicted molar refractivity (Wildman–Crippen MR) is 30.6 cm³/mol. The van der Waals surface area contributed by atoms with Gasteiger partial charge >= 0.3 is 6.18 Å². The lowest BCUT2D eigenvalue weighted by atomic mass is 10.2. The largest absolute Gasteiger partial charge is 0.416 e. The van der Waals surface area contributed by atoms with E-state index in [0.29, 0.717) is 0 Å². The summed E-state index contributed by atoms with van der Waals surface area (Å²) in [6.45, 7) is -1.28. The first-order chi connectivity index (χ1) is 4.89. The van der Waals surface area contributed by atoms with E-state index in [1.165, 1.54) is 0 Å². The zero-order valence-electron chi connectivity index (χ0n) is 5.18. The molecule has 0 rings (SSSR count). The van der Waals surface area contributed by atoms with Crippen LogP contribution in [0.1, 0.15) is 6.42 Å². The molecular weight excluding hydrogens is 190 g/mol. The summed E-state index contributed by atoms with van der Waals surface area (Å²) < 4.78 is 58.0. The maximum atomic E-state index is 11.8. The zero-order chi connectivity index (χ0) is 9.07. The van der Waals surface area contributed by atoms with Crippen LogP contribution in [0.4, 0.5) is 22.0 Å². The summed E-state index contributed by atoms with van der Waals surface area (Å²) in [7, 11) is 0. The molecule has 0 amide bonds. The van der Waals surface area contributed by atoms with E-state index in [2.05, 4.69) is 11.6 Å². The highest BCUT2D eigenvalue weighted by molar-refractivity contribution is 6.28. The molecule has 0 aromatic carbocycles. The summed E-state index contributed by atoms with van der Waals surface area (Å²) in [5, 5.41) is -1.89. The van der Waals surface area contributed by atoms with Crippen LogP contribution in [0.25, 0.3) is 0 Å². The summed E-state index contributed by atoms with van der Waals surface area (Å²) in [5.74, 6) is 0. The molecule has 0 aliphatic heterocycles. The van der Waals surface area contributed by atoms with Gasteiger partial charge in [0.1, 0.15) is 0 Å². The van der Waals surface area contributed by atoms with Crippen LogP contribution < -0.4 is 0 Å². The molecule has 0 aromatic heterocycles. The van der Waals surface area contributed by atoms with Gasteiger partial charge in [-0.25, -0.2) is 0 Å². The highest BCUT2D eigenvalue weighted by Crippen LogP contribution is 2.32. The van der Waals surface area contributed by atoms with Gasteiger partial charge < -0.3 is 0 Å². The van der Waals surface area contributed by atoms with Crippen molar-refractivity contribution in [2.24, 2.45) is 0 Å². The molecule has 0 radical (unpaired) electrons. The Kier molecular flexibility index (Phi) is 3.78. The Balaban J connectivity index is 4.50. The van der Waals surface area contributed by atoms with Crippen molar-refractivity contribution >= 4 is 11.6 Å². The topological polar surface area (TPSA) is 0 Å². The molecule has 0 aliphatic rings. The van der Waals surface area contributed by atoms with Crippen LogP contribution in [-0.2, 0) is 0 Å². The Morgan fingerprint density at radius 1 is 1.27 bits per heavy atom. The Morgan fingerprint density at radius 3 is 1.82 bits per heavy atom. The van der Waals surface area contributed by atoms with E-state index in [1.807, 2.05) is 0 Å². The minimum Gasteiger partial charge on any atom is -0.251 e. The maximum Gasteiger partial charge on any atom is 0.416 e. The minimum atomic E-state index is -4.88. The second-order valence-electron chi connectivity index (χ2n) is 1.68. The lowest BCUT2D eigenvalue weighted by molar-refractivity contribution is -0.0957. The fourth-order valence-electron chi connectivity index (χ4n) is 0.438. The van der Waals surface area contributed by atoms with E-state index in [0.717, 1.165) is 0 Å². The zero-order valence-corrected chi connectivity index (χ0v) is 5.94. The molecule has 0 aliphatic carbocycles. The van der Waals surface area contributed by atoms with Gasteiger partial charge in [0.05, 0.1) is 12.2 Å². The quantitative estimate of drug-likeness (QED) is 0.592. The Hall–Kier alpha value is -0.320. The number of rotatable bonds is 2. The van der Waals surface area contributed by atoms with Gasteiger partial charge in [-0.2, -0.15) is 17.6 Å². The second-order valence-corrected chi connectivity index (χ2v) is 2.01. The van der Waals surface area contributed by atoms with Crippen LogP contribution in [0.2, 0.25) is 0 Å². The van der Waals surface area contributed by atoms with Crippen molar-refractivity contribution in [1.82, 2.24) is 0 Å². The molecule has 0 heterocycles. The van der Waals surface area contributed by atoms with Crippen molar-refractivity contribution in [1.29, 1.82) is 0 Å². The summed E-state index contributed by atoms with van der Waals surface area (Å²) in [4.78, 5) is 0. The molecule has 11 heavy (non-hydrogen) atoms. The number of halogens is 6. The highest BCUT2D eigenvalue weighted by atomic mass is 35.5. The molecule has 0 spiro atoms. The fraction of sp³-hybridized carbons (Fsp3) is 0.600. The third kappa shape index (κ3) is 3.55. The van der Waals surface area contributed by atoms with Crippen molar-refractivity contribution < 1.29 is 22.0 Å². The Morgan fingerprint density at radius 2 is 1.73 bits per heavy atom. The lowest BCUT2D eigenvalue weighted by Crippen LogP contribution is -2.13. The monoisotopic (exact) mass is 194 g/mol. The van der Waals surface area contributed by atoms with E-state index < -0.39 is 30.1 Å². The lowest BCUT2D eigenvalue weighted by Gasteiger charge is -2.08. The van der Waals surface area contributed by atoms with Crippen LogP contribution in [0, 0.1) is 0 Å². The molecule has 0 aromatic rings. The molecule has 0 fully saturated rings. The third-order valence-corrected chi connectivity index (χ3v) is 1.14. The molecule has 0 atom stereocenters. The molecule has 6 heteroatoms. The van der Waals surface area contributed by atoms with Gasteiger partial charge in [0.25, 0.3) is 0 Å². The average Bonchev–Trinajstić information content (AvgIpc) is 1.79. The number of hydrogen-bond acceptors (Lipinski definition) is 0. The molecule has 0 nitrogen and oxygen atoms in total. The fourth-order valence-corrected chi connectivity index (χ4v) is 0.639. The number of hydrogen-bond donors (Lipinski definition) is 0. The smallest absolute Gasteiger partial charge is 0.251 e. The van der Waals surface area contributed by atoms with Crippen LogP contribution in [0.15, 0.2) is 10.9 Å². The normalized spacial score (nSPS) is 14.7. The van der Waals surface area contributed by atoms with E-state index in [9.17, 15) is 22.0 Å². The van der Waals surface area contributed by atoms with Crippen molar-refractivity contribution in [3.05, 3.63) is 10.9 Å². The molecule has 0 saturated heterocycles. The van der Waals surface area contributed by atoms with E-state index in [1.54, 1.807) is 0 Å². The first-order valence-corrected chi connectivity index (χ1v) is 2.94.